The summed E-state index contributed by atoms with van der Waals surface area (Å²) in [6.07, 6.45) is 0.439. The van der Waals surface area contributed by atoms with Crippen LogP contribution in [0.2, 0.25) is 0 Å². The van der Waals surface area contributed by atoms with Gasteiger partial charge in [0.1, 0.15) is 23.7 Å². The van der Waals surface area contributed by atoms with Crippen molar-refractivity contribution in [2.75, 3.05) is 28.4 Å². The number of hydrogen-bond donors (Lipinski definition) is 0. The van der Waals surface area contributed by atoms with E-state index in [2.05, 4.69) is 0 Å². The molecule has 0 aromatic rings. The number of rotatable bonds is 4. The van der Waals surface area contributed by atoms with Crippen LogP contribution in [-0.4, -0.2) is 63.9 Å². The van der Waals surface area contributed by atoms with Crippen molar-refractivity contribution in [1.29, 1.82) is 0 Å². The first-order valence-electron chi connectivity index (χ1n) is 9.52. The minimum atomic E-state index is -1.67. The molecule has 0 N–H and O–H groups in total. The molecule has 30 heavy (non-hydrogen) atoms. The maximum Gasteiger partial charge on any atom is 0.316 e. The highest BCUT2D eigenvalue weighted by atomic mass is 16.5. The van der Waals surface area contributed by atoms with Crippen molar-refractivity contribution in [2.24, 2.45) is 40.4 Å². The molecule has 0 amide bonds. The molecule has 0 aliphatic heterocycles. The van der Waals surface area contributed by atoms with Gasteiger partial charge in [-0.05, 0) is 18.8 Å². The summed E-state index contributed by atoms with van der Waals surface area (Å²) in [5.41, 5.74) is -3.32. The Labute approximate surface area is 172 Å². The monoisotopic (exact) mass is 424 g/mol. The first-order valence-corrected chi connectivity index (χ1v) is 9.52. The van der Waals surface area contributed by atoms with Crippen molar-refractivity contribution in [3.63, 3.8) is 0 Å². The molecule has 3 aliphatic carbocycles. The van der Waals surface area contributed by atoms with E-state index in [9.17, 15) is 28.8 Å². The maximum absolute atomic E-state index is 13.5. The Morgan fingerprint density at radius 3 is 1.37 bits per heavy atom. The van der Waals surface area contributed by atoms with Crippen LogP contribution in [0.15, 0.2) is 0 Å². The number of carbonyl (C=O) groups is 6. The van der Waals surface area contributed by atoms with Crippen LogP contribution < -0.4 is 0 Å². The van der Waals surface area contributed by atoms with E-state index in [-0.39, 0.29) is 6.42 Å². The zero-order valence-electron chi connectivity index (χ0n) is 17.4. The smallest absolute Gasteiger partial charge is 0.316 e. The van der Waals surface area contributed by atoms with E-state index < -0.39 is 75.9 Å². The summed E-state index contributed by atoms with van der Waals surface area (Å²) in [4.78, 5) is 78.2. The van der Waals surface area contributed by atoms with E-state index in [1.165, 1.54) is 0 Å². The normalized spacial score (nSPS) is 39.2. The van der Waals surface area contributed by atoms with Crippen LogP contribution in [0, 0.1) is 40.4 Å². The van der Waals surface area contributed by atoms with E-state index in [1.807, 2.05) is 0 Å². The van der Waals surface area contributed by atoms with Gasteiger partial charge in [-0.25, -0.2) is 0 Å². The third-order valence-electron chi connectivity index (χ3n) is 7.48. The van der Waals surface area contributed by atoms with Crippen LogP contribution >= 0.6 is 0 Å². The minimum Gasteiger partial charge on any atom is -0.468 e. The predicted octanol–water partition coefficient (Wildman–Crippen LogP) is -0.289. The Hall–Kier alpha value is -2.78. The van der Waals surface area contributed by atoms with E-state index in [0.717, 1.165) is 28.4 Å². The van der Waals surface area contributed by atoms with Gasteiger partial charge in [-0.1, -0.05) is 6.92 Å². The molecule has 0 spiro atoms. The van der Waals surface area contributed by atoms with Crippen LogP contribution in [0.3, 0.4) is 0 Å². The molecule has 10 nitrogen and oxygen atoms in total. The molecule has 164 valence electrons. The number of hydrogen-bond acceptors (Lipinski definition) is 10. The highest BCUT2D eigenvalue weighted by Gasteiger charge is 2.88. The topological polar surface area (TPSA) is 139 Å². The summed E-state index contributed by atoms with van der Waals surface area (Å²) >= 11 is 0. The minimum absolute atomic E-state index is 0.0756. The highest BCUT2D eigenvalue weighted by Crippen LogP contribution is 2.78. The van der Waals surface area contributed by atoms with Crippen molar-refractivity contribution < 1.29 is 47.7 Å². The predicted molar refractivity (Wildman–Crippen MR) is 95.3 cm³/mol. The van der Waals surface area contributed by atoms with Crippen molar-refractivity contribution in [1.82, 2.24) is 0 Å². The fourth-order valence-electron chi connectivity index (χ4n) is 6.66. The highest BCUT2D eigenvalue weighted by molar-refractivity contribution is 6.20. The largest absolute Gasteiger partial charge is 0.468 e. The average Bonchev–Trinajstić information content (AvgIpc) is 3.22. The quantitative estimate of drug-likeness (QED) is 0.336. The summed E-state index contributed by atoms with van der Waals surface area (Å²) < 4.78 is 19.4. The number of methoxy groups -OCH3 is 4. The summed E-state index contributed by atoms with van der Waals surface area (Å²) in [7, 11) is 4.28. The number of ether oxygens (including phenoxy) is 4. The molecular formula is C20H24O10. The lowest BCUT2D eigenvalue weighted by molar-refractivity contribution is -0.168. The zero-order chi connectivity index (χ0) is 22.6. The van der Waals surface area contributed by atoms with Crippen molar-refractivity contribution in [3.8, 4) is 0 Å². The Morgan fingerprint density at radius 1 is 0.700 bits per heavy atom. The fourth-order valence-corrected chi connectivity index (χ4v) is 6.66. The fraction of sp³-hybridized carbons (Fsp3) is 0.700. The number of ketones is 2. The maximum atomic E-state index is 13.5. The second-order valence-electron chi connectivity index (χ2n) is 8.04. The summed E-state index contributed by atoms with van der Waals surface area (Å²) in [5, 5.41) is 0. The molecule has 3 rings (SSSR count). The molecule has 0 radical (unpaired) electrons. The van der Waals surface area contributed by atoms with Crippen molar-refractivity contribution in [3.05, 3.63) is 0 Å². The van der Waals surface area contributed by atoms with Gasteiger partial charge in [-0.15, -0.1) is 0 Å². The van der Waals surface area contributed by atoms with Gasteiger partial charge in [-0.3, -0.25) is 28.8 Å². The summed E-state index contributed by atoms with van der Waals surface area (Å²) in [5.74, 6) is -12.5. The van der Waals surface area contributed by atoms with Crippen LogP contribution in [0.25, 0.3) is 0 Å². The molecule has 0 aromatic heterocycles. The number of carbonyl (C=O) groups excluding carboxylic acids is 6. The molecule has 10 heteroatoms. The SMILES string of the molecule is COC(=O)C1C(=O)C(C(=O)OC)C23C(C)CCC12C(C(=O)OC)C(=O)C3C(=O)OC. The molecule has 3 fully saturated rings. The van der Waals surface area contributed by atoms with Gasteiger partial charge >= 0.3 is 23.9 Å². The first kappa shape index (κ1) is 21.9. The van der Waals surface area contributed by atoms with E-state index in [1.54, 1.807) is 6.92 Å². The molecule has 0 bridgehead atoms. The number of esters is 4. The molecule has 0 heterocycles. The summed E-state index contributed by atoms with van der Waals surface area (Å²) in [6, 6.07) is 0. The second kappa shape index (κ2) is 7.17. The van der Waals surface area contributed by atoms with Gasteiger partial charge in [0.05, 0.1) is 28.4 Å². The van der Waals surface area contributed by atoms with Gasteiger partial charge in [-0.2, -0.15) is 0 Å². The van der Waals surface area contributed by atoms with Crippen molar-refractivity contribution in [2.45, 2.75) is 19.8 Å². The standard InChI is InChI=1S/C20H24O10/c1-8-6-7-19-9(15(23)27-2)13(21)11(17(25)29-4)20(8,19)12(18(26)30-5)14(22)10(19)16(24)28-3/h8-12H,6-7H2,1-5H3. The lowest BCUT2D eigenvalue weighted by atomic mass is 9.56. The molecule has 0 aromatic carbocycles. The third kappa shape index (κ3) is 2.19. The Bertz CT molecular complexity index is 787. The third-order valence-corrected chi connectivity index (χ3v) is 7.48. The molecular weight excluding hydrogens is 400 g/mol. The Kier molecular flexibility index (Phi) is 5.24. The van der Waals surface area contributed by atoms with Crippen molar-refractivity contribution >= 4 is 35.4 Å². The molecule has 3 aliphatic rings. The molecule has 3 saturated carbocycles. The van der Waals surface area contributed by atoms with Crippen LogP contribution in [-0.2, 0) is 47.7 Å². The molecule has 0 saturated heterocycles. The van der Waals surface area contributed by atoms with Gasteiger partial charge in [0.25, 0.3) is 0 Å². The van der Waals surface area contributed by atoms with Crippen LogP contribution in [0.4, 0.5) is 0 Å². The Balaban J connectivity index is 2.46. The number of Topliss-reactive ketones (excluding diaryl/α,β-unsaturated/α-hetero) is 2. The van der Waals surface area contributed by atoms with Gasteiger partial charge < -0.3 is 18.9 Å². The van der Waals surface area contributed by atoms with E-state index >= 15 is 0 Å². The van der Waals surface area contributed by atoms with Gasteiger partial charge in [0, 0.05) is 10.8 Å². The Morgan fingerprint density at radius 2 is 1.03 bits per heavy atom. The zero-order valence-corrected chi connectivity index (χ0v) is 17.4. The first-order chi connectivity index (χ1) is 14.1. The van der Waals surface area contributed by atoms with Crippen LogP contribution in [0.5, 0.6) is 0 Å². The lowest BCUT2D eigenvalue weighted by Gasteiger charge is -2.43. The lowest BCUT2D eigenvalue weighted by Crippen LogP contribution is -2.51. The van der Waals surface area contributed by atoms with Crippen LogP contribution in [0.1, 0.15) is 19.8 Å². The van der Waals surface area contributed by atoms with E-state index in [0.29, 0.717) is 6.42 Å². The second-order valence-corrected chi connectivity index (χ2v) is 8.04. The van der Waals surface area contributed by atoms with E-state index in [4.69, 9.17) is 18.9 Å². The summed E-state index contributed by atoms with van der Waals surface area (Å²) in [6.45, 7) is 1.69. The molecule has 5 unspecified atom stereocenters. The van der Waals surface area contributed by atoms with Gasteiger partial charge in [0.2, 0.25) is 0 Å². The molecule has 5 atom stereocenters. The average molecular weight is 424 g/mol. The van der Waals surface area contributed by atoms with Gasteiger partial charge in [0.15, 0.2) is 11.6 Å².